The van der Waals surface area contributed by atoms with Crippen LogP contribution in [-0.2, 0) is 11.1 Å². The van der Waals surface area contributed by atoms with Gasteiger partial charge in [-0.05, 0) is 42.3 Å². The van der Waals surface area contributed by atoms with Crippen molar-refractivity contribution in [3.8, 4) is 5.75 Å². The number of rotatable bonds is 4. The quantitative estimate of drug-likeness (QED) is 0.635. The van der Waals surface area contributed by atoms with E-state index in [0.717, 1.165) is 11.4 Å². The summed E-state index contributed by atoms with van der Waals surface area (Å²) in [6.07, 6.45) is 0. The summed E-state index contributed by atoms with van der Waals surface area (Å²) in [5.74, 6) is 0.794. The average Bonchev–Trinajstić information content (AvgIpc) is 2.53. The highest BCUT2D eigenvalue weighted by Crippen LogP contribution is 2.17. The van der Waals surface area contributed by atoms with Gasteiger partial charge in [-0.15, -0.1) is 0 Å². The van der Waals surface area contributed by atoms with E-state index in [1.807, 2.05) is 42.5 Å². The van der Waals surface area contributed by atoms with Crippen molar-refractivity contribution in [2.45, 2.75) is 6.92 Å². The van der Waals surface area contributed by atoms with E-state index in [0.29, 0.717) is 10.4 Å². The van der Waals surface area contributed by atoms with E-state index in [1.54, 1.807) is 26.2 Å². The van der Waals surface area contributed by atoms with Crippen LogP contribution in [-0.4, -0.2) is 17.8 Å². The fourth-order valence-electron chi connectivity index (χ4n) is 1.60. The van der Waals surface area contributed by atoms with E-state index < -0.39 is 0 Å². The van der Waals surface area contributed by atoms with Gasteiger partial charge in [0.25, 0.3) is 0 Å². The van der Waals surface area contributed by atoms with Gasteiger partial charge < -0.3 is 4.74 Å². The van der Waals surface area contributed by atoms with E-state index in [9.17, 15) is 4.79 Å². The molecular weight excluding hydrogens is 270 g/mol. The third-order valence-electron chi connectivity index (χ3n) is 2.72. The molecule has 4 heteroatoms. The van der Waals surface area contributed by atoms with Crippen LogP contribution in [0.15, 0.2) is 59.0 Å². The van der Waals surface area contributed by atoms with Gasteiger partial charge >= 0.3 is 0 Å². The molecule has 3 nitrogen and oxygen atoms in total. The van der Waals surface area contributed by atoms with Gasteiger partial charge in [0, 0.05) is 5.56 Å². The molecule has 0 aromatic heterocycles. The number of ether oxygens (including phenoxy) is 1. The Morgan fingerprint density at radius 3 is 2.30 bits per heavy atom. The standard InChI is InChI=1S/C16H15NO2S/c1-12(16(18)13-6-4-3-5-7-13)20-17-14-8-10-15(19-2)11-9-14/h3-11H,1-2H3. The van der Waals surface area contributed by atoms with Crippen LogP contribution >= 0.6 is 0 Å². The van der Waals surface area contributed by atoms with Crippen LogP contribution in [0.1, 0.15) is 17.3 Å². The lowest BCUT2D eigenvalue weighted by atomic mass is 10.1. The van der Waals surface area contributed by atoms with Crippen molar-refractivity contribution in [2.75, 3.05) is 7.11 Å². The van der Waals surface area contributed by atoms with Gasteiger partial charge in [-0.2, -0.15) is 4.36 Å². The molecule has 0 amide bonds. The Bertz CT molecular complexity index is 657. The van der Waals surface area contributed by atoms with Crippen LogP contribution in [0, 0.1) is 0 Å². The molecule has 0 heterocycles. The third kappa shape index (κ3) is 3.65. The van der Waals surface area contributed by atoms with Crippen molar-refractivity contribution in [1.29, 1.82) is 0 Å². The minimum atomic E-state index is 0.00728. The second-order valence-electron chi connectivity index (χ2n) is 4.13. The van der Waals surface area contributed by atoms with Gasteiger partial charge in [0.2, 0.25) is 0 Å². The molecule has 0 saturated carbocycles. The zero-order valence-corrected chi connectivity index (χ0v) is 12.2. The maximum absolute atomic E-state index is 12.1. The summed E-state index contributed by atoms with van der Waals surface area (Å²) >= 11 is 1.20. The lowest BCUT2D eigenvalue weighted by Gasteiger charge is -1.98. The van der Waals surface area contributed by atoms with Crippen molar-refractivity contribution in [3.05, 3.63) is 60.2 Å². The van der Waals surface area contributed by atoms with Crippen molar-refractivity contribution in [2.24, 2.45) is 4.36 Å². The summed E-state index contributed by atoms with van der Waals surface area (Å²) in [6.45, 7) is 1.78. The number of nitrogens with zero attached hydrogens (tertiary/aromatic N) is 1. The van der Waals surface area contributed by atoms with E-state index in [2.05, 4.69) is 4.36 Å². The maximum Gasteiger partial charge on any atom is 0.200 e. The Morgan fingerprint density at radius 2 is 1.70 bits per heavy atom. The SMILES string of the molecule is COc1ccc(N=S=C(C)C(=O)c2ccccc2)cc1. The van der Waals surface area contributed by atoms with Gasteiger partial charge in [0.1, 0.15) is 5.75 Å². The van der Waals surface area contributed by atoms with Crippen molar-refractivity contribution in [1.82, 2.24) is 0 Å². The fourth-order valence-corrected chi connectivity index (χ4v) is 2.16. The summed E-state index contributed by atoms with van der Waals surface area (Å²) in [5.41, 5.74) is 1.48. The normalized spacial score (nSPS) is 9.70. The fraction of sp³-hybridized carbons (Fsp3) is 0.125. The second kappa shape index (κ2) is 6.82. The number of hydrogen-bond donors (Lipinski definition) is 0. The average molecular weight is 285 g/mol. The molecule has 0 radical (unpaired) electrons. The van der Waals surface area contributed by atoms with Crippen molar-refractivity contribution in [3.63, 3.8) is 0 Å². The number of carbonyl (C=O) groups is 1. The number of carbonyl (C=O) groups excluding carboxylic acids is 1. The monoisotopic (exact) mass is 285 g/mol. The zero-order valence-electron chi connectivity index (χ0n) is 11.4. The molecule has 2 aromatic carbocycles. The van der Waals surface area contributed by atoms with E-state index >= 15 is 0 Å². The van der Waals surface area contributed by atoms with Gasteiger partial charge in [0.15, 0.2) is 5.78 Å². The van der Waals surface area contributed by atoms with Crippen LogP contribution in [0.5, 0.6) is 5.75 Å². The molecule has 0 aliphatic heterocycles. The Hall–Kier alpha value is -2.20. The van der Waals surface area contributed by atoms with Crippen LogP contribution in [0.25, 0.3) is 0 Å². The molecule has 0 aliphatic rings. The number of benzene rings is 2. The van der Waals surface area contributed by atoms with Crippen molar-refractivity contribution < 1.29 is 9.53 Å². The molecule has 2 rings (SSSR count). The summed E-state index contributed by atoms with van der Waals surface area (Å²) in [7, 11) is 1.62. The summed E-state index contributed by atoms with van der Waals surface area (Å²) in [4.78, 5) is 12.8. The first-order valence-electron chi connectivity index (χ1n) is 6.16. The minimum Gasteiger partial charge on any atom is -0.497 e. The Labute approximate surface area is 121 Å². The topological polar surface area (TPSA) is 38.7 Å². The molecule has 0 bridgehead atoms. The number of methoxy groups -OCH3 is 1. The highest BCUT2D eigenvalue weighted by atomic mass is 32.1. The van der Waals surface area contributed by atoms with Gasteiger partial charge in [-0.25, -0.2) is 0 Å². The smallest absolute Gasteiger partial charge is 0.200 e. The molecule has 0 aliphatic carbocycles. The first-order chi connectivity index (χ1) is 9.70. The molecule has 0 fully saturated rings. The highest BCUT2D eigenvalue weighted by molar-refractivity contribution is 7.71. The first kappa shape index (κ1) is 14.2. The zero-order chi connectivity index (χ0) is 14.4. The number of hydrogen-bond acceptors (Lipinski definition) is 3. The molecule has 20 heavy (non-hydrogen) atoms. The second-order valence-corrected chi connectivity index (χ2v) is 5.11. The van der Waals surface area contributed by atoms with Crippen LogP contribution < -0.4 is 4.74 Å². The third-order valence-corrected chi connectivity index (χ3v) is 3.48. The van der Waals surface area contributed by atoms with Crippen LogP contribution in [0.2, 0.25) is 0 Å². The Morgan fingerprint density at radius 1 is 1.05 bits per heavy atom. The molecule has 0 unspecified atom stereocenters. The van der Waals surface area contributed by atoms with E-state index in [1.165, 1.54) is 11.1 Å². The lowest BCUT2D eigenvalue weighted by Crippen LogP contribution is -2.09. The van der Waals surface area contributed by atoms with E-state index in [-0.39, 0.29) is 5.78 Å². The molecule has 0 saturated heterocycles. The first-order valence-corrected chi connectivity index (χ1v) is 6.93. The summed E-state index contributed by atoms with van der Waals surface area (Å²) in [6, 6.07) is 16.6. The number of Topliss-reactive ketones (excluding diaryl/α,β-unsaturated/α-hetero) is 1. The number of ketones is 1. The van der Waals surface area contributed by atoms with Gasteiger partial charge in [-0.1, -0.05) is 30.3 Å². The Kier molecular flexibility index (Phi) is 4.85. The summed E-state index contributed by atoms with van der Waals surface area (Å²) < 4.78 is 9.41. The van der Waals surface area contributed by atoms with Crippen LogP contribution in [0.4, 0.5) is 5.69 Å². The minimum absolute atomic E-state index is 0.00728. The van der Waals surface area contributed by atoms with Crippen molar-refractivity contribution >= 4 is 27.5 Å². The van der Waals surface area contributed by atoms with Crippen LogP contribution in [0.3, 0.4) is 0 Å². The molecule has 0 spiro atoms. The highest BCUT2D eigenvalue weighted by Gasteiger charge is 2.06. The maximum atomic E-state index is 12.1. The predicted octanol–water partition coefficient (Wildman–Crippen LogP) is 3.67. The molecular formula is C16H15NO2S. The van der Waals surface area contributed by atoms with Gasteiger partial charge in [0.05, 0.1) is 17.7 Å². The molecule has 2 aromatic rings. The molecule has 0 N–H and O–H groups in total. The van der Waals surface area contributed by atoms with Gasteiger partial charge in [-0.3, -0.25) is 4.79 Å². The Balaban J connectivity index is 2.20. The van der Waals surface area contributed by atoms with E-state index in [4.69, 9.17) is 4.74 Å². The molecule has 0 atom stereocenters. The molecule has 102 valence electrons. The largest absolute Gasteiger partial charge is 0.497 e. The summed E-state index contributed by atoms with van der Waals surface area (Å²) in [5, 5.41) is 0. The predicted molar refractivity (Wildman–Crippen MR) is 83.9 cm³/mol. The lowest BCUT2D eigenvalue weighted by molar-refractivity contribution is 0.106.